The first-order valence-electron chi connectivity index (χ1n) is 7.50. The van der Waals surface area contributed by atoms with Gasteiger partial charge >= 0.3 is 0 Å². The fourth-order valence-corrected chi connectivity index (χ4v) is 3.94. The van der Waals surface area contributed by atoms with Crippen LogP contribution in [0, 0.1) is 12.8 Å². The highest BCUT2D eigenvalue weighted by Gasteiger charge is 2.41. The number of hydrogen-bond acceptors (Lipinski definition) is 5. The Morgan fingerprint density at radius 3 is 2.86 bits per heavy atom. The third-order valence-electron chi connectivity index (χ3n) is 4.39. The van der Waals surface area contributed by atoms with Crippen molar-refractivity contribution in [3.8, 4) is 0 Å². The van der Waals surface area contributed by atoms with E-state index in [1.165, 1.54) is 0 Å². The molecule has 4 heterocycles. The van der Waals surface area contributed by atoms with Gasteiger partial charge in [-0.3, -0.25) is 9.59 Å². The monoisotopic (exact) mass is 308 g/mol. The number of aromatic nitrogens is 2. The Kier molecular flexibility index (Phi) is 3.93. The van der Waals surface area contributed by atoms with Gasteiger partial charge in [0.2, 0.25) is 5.91 Å². The number of hydrogen-bond donors (Lipinski definition) is 0. The topological polar surface area (TPSA) is 66.4 Å². The number of carbonyl (C=O) groups excluding carboxylic acids is 2. The zero-order valence-corrected chi connectivity index (χ0v) is 13.2. The van der Waals surface area contributed by atoms with E-state index in [1.807, 2.05) is 9.80 Å². The Morgan fingerprint density at radius 1 is 1.38 bits per heavy atom. The molecule has 7 heteroatoms. The molecule has 114 valence electrons. The van der Waals surface area contributed by atoms with Crippen molar-refractivity contribution in [1.29, 1.82) is 0 Å². The summed E-state index contributed by atoms with van der Waals surface area (Å²) in [7, 11) is 0. The van der Waals surface area contributed by atoms with Gasteiger partial charge in [-0.2, -0.15) is 0 Å². The molecule has 0 aromatic carbocycles. The number of aryl methyl sites for hydroxylation is 1. The van der Waals surface area contributed by atoms with Crippen LogP contribution < -0.4 is 0 Å². The predicted molar refractivity (Wildman–Crippen MR) is 79.1 cm³/mol. The van der Waals surface area contributed by atoms with E-state index in [9.17, 15) is 9.59 Å². The SMILES string of the molecule is CCCN1C(=O)[C@H]2CC[C@@H]1CN(C(=O)c1snnc1C)C2. The van der Waals surface area contributed by atoms with Crippen LogP contribution in [0.25, 0.3) is 0 Å². The van der Waals surface area contributed by atoms with Crippen LogP contribution in [0.1, 0.15) is 41.6 Å². The molecule has 0 spiro atoms. The van der Waals surface area contributed by atoms with Crippen molar-refractivity contribution in [2.24, 2.45) is 5.92 Å². The van der Waals surface area contributed by atoms with Gasteiger partial charge in [0.05, 0.1) is 11.6 Å². The van der Waals surface area contributed by atoms with Crippen molar-refractivity contribution in [1.82, 2.24) is 19.4 Å². The van der Waals surface area contributed by atoms with E-state index >= 15 is 0 Å². The van der Waals surface area contributed by atoms with Crippen LogP contribution in [0.3, 0.4) is 0 Å². The van der Waals surface area contributed by atoms with E-state index in [-0.39, 0.29) is 23.8 Å². The molecule has 1 aromatic rings. The number of nitrogens with zero attached hydrogens (tertiary/aromatic N) is 4. The molecule has 3 saturated heterocycles. The second-order valence-corrected chi connectivity index (χ2v) is 6.61. The minimum atomic E-state index is -0.0413. The molecule has 0 unspecified atom stereocenters. The summed E-state index contributed by atoms with van der Waals surface area (Å²) in [5.74, 6) is 0.161. The minimum absolute atomic E-state index is 0.0226. The molecule has 21 heavy (non-hydrogen) atoms. The lowest BCUT2D eigenvalue weighted by Gasteiger charge is -2.35. The quantitative estimate of drug-likeness (QED) is 0.844. The molecule has 6 nitrogen and oxygen atoms in total. The van der Waals surface area contributed by atoms with E-state index in [0.29, 0.717) is 23.7 Å². The van der Waals surface area contributed by atoms with Crippen LogP contribution in [-0.2, 0) is 4.79 Å². The fraction of sp³-hybridized carbons (Fsp3) is 0.714. The van der Waals surface area contributed by atoms with Gasteiger partial charge in [0, 0.05) is 25.7 Å². The molecule has 2 bridgehead atoms. The van der Waals surface area contributed by atoms with E-state index in [2.05, 4.69) is 16.5 Å². The normalized spacial score (nSPS) is 25.3. The lowest BCUT2D eigenvalue weighted by atomic mass is 9.94. The maximum absolute atomic E-state index is 12.7. The maximum Gasteiger partial charge on any atom is 0.267 e. The fourth-order valence-electron chi connectivity index (χ4n) is 3.31. The van der Waals surface area contributed by atoms with Gasteiger partial charge in [-0.15, -0.1) is 5.10 Å². The van der Waals surface area contributed by atoms with Gasteiger partial charge in [0.25, 0.3) is 5.91 Å². The van der Waals surface area contributed by atoms with E-state index in [4.69, 9.17) is 0 Å². The summed E-state index contributed by atoms with van der Waals surface area (Å²) in [4.78, 5) is 29.6. The average molecular weight is 308 g/mol. The summed E-state index contributed by atoms with van der Waals surface area (Å²) in [6.07, 6.45) is 2.86. The summed E-state index contributed by atoms with van der Waals surface area (Å²) in [6, 6.07) is 0.168. The zero-order valence-electron chi connectivity index (χ0n) is 12.4. The molecule has 2 amide bonds. The number of fused-ring (bicyclic) bond motifs is 4. The predicted octanol–water partition coefficient (Wildman–Crippen LogP) is 1.32. The second-order valence-electron chi connectivity index (χ2n) is 5.86. The van der Waals surface area contributed by atoms with Crippen LogP contribution in [0.4, 0.5) is 0 Å². The number of carbonyl (C=O) groups is 2. The van der Waals surface area contributed by atoms with E-state index in [1.54, 1.807) is 6.92 Å². The van der Waals surface area contributed by atoms with Crippen LogP contribution in [0.15, 0.2) is 0 Å². The Morgan fingerprint density at radius 2 is 2.19 bits per heavy atom. The molecule has 3 aliphatic heterocycles. The van der Waals surface area contributed by atoms with Crippen molar-refractivity contribution in [2.45, 2.75) is 39.2 Å². The Balaban J connectivity index is 1.82. The van der Waals surface area contributed by atoms with Gasteiger partial charge in [-0.05, 0) is 37.7 Å². The Labute approximate surface area is 128 Å². The first-order valence-corrected chi connectivity index (χ1v) is 8.27. The molecule has 0 saturated carbocycles. The Bertz CT molecular complexity index is 559. The summed E-state index contributed by atoms with van der Waals surface area (Å²) < 4.78 is 3.84. The standard InChI is InChI=1S/C14H20N4O2S/c1-3-6-18-11-5-4-10(13(18)19)7-17(8-11)14(20)12-9(2)15-16-21-12/h10-11H,3-8H2,1-2H3/t10-,11+/m0/s1. The van der Waals surface area contributed by atoms with Gasteiger partial charge in [-0.1, -0.05) is 11.4 Å². The van der Waals surface area contributed by atoms with E-state index < -0.39 is 0 Å². The molecular formula is C14H20N4O2S. The van der Waals surface area contributed by atoms with Gasteiger partial charge in [0.1, 0.15) is 4.88 Å². The number of amides is 2. The third-order valence-corrected chi connectivity index (χ3v) is 5.21. The van der Waals surface area contributed by atoms with E-state index in [0.717, 1.165) is 37.3 Å². The maximum atomic E-state index is 12.7. The molecular weight excluding hydrogens is 288 g/mol. The van der Waals surface area contributed by atoms with Crippen molar-refractivity contribution in [3.63, 3.8) is 0 Å². The van der Waals surface area contributed by atoms with Crippen molar-refractivity contribution in [3.05, 3.63) is 10.6 Å². The summed E-state index contributed by atoms with van der Waals surface area (Å²) >= 11 is 1.14. The summed E-state index contributed by atoms with van der Waals surface area (Å²) in [5, 5.41) is 3.91. The van der Waals surface area contributed by atoms with Crippen LogP contribution in [-0.4, -0.2) is 56.9 Å². The molecule has 3 fully saturated rings. The van der Waals surface area contributed by atoms with Gasteiger partial charge in [-0.25, -0.2) is 0 Å². The second kappa shape index (κ2) is 5.71. The summed E-state index contributed by atoms with van der Waals surface area (Å²) in [6.45, 7) is 5.85. The first kappa shape index (κ1) is 14.4. The van der Waals surface area contributed by atoms with Crippen molar-refractivity contribution < 1.29 is 9.59 Å². The smallest absolute Gasteiger partial charge is 0.267 e. The lowest BCUT2D eigenvalue weighted by Crippen LogP contribution is -2.48. The molecule has 2 atom stereocenters. The molecule has 1 aromatic heterocycles. The largest absolute Gasteiger partial charge is 0.338 e. The average Bonchev–Trinajstić information content (AvgIpc) is 2.72. The Hall–Kier alpha value is -1.50. The number of rotatable bonds is 3. The molecule has 3 aliphatic rings. The lowest BCUT2D eigenvalue weighted by molar-refractivity contribution is -0.139. The van der Waals surface area contributed by atoms with Crippen LogP contribution in [0.2, 0.25) is 0 Å². The van der Waals surface area contributed by atoms with Crippen LogP contribution >= 0.6 is 11.5 Å². The molecule has 4 rings (SSSR count). The van der Waals surface area contributed by atoms with Crippen molar-refractivity contribution in [2.75, 3.05) is 19.6 Å². The molecule has 0 N–H and O–H groups in total. The minimum Gasteiger partial charge on any atom is -0.338 e. The highest BCUT2D eigenvalue weighted by molar-refractivity contribution is 7.07. The molecule has 0 aliphatic carbocycles. The van der Waals surface area contributed by atoms with Crippen molar-refractivity contribution >= 4 is 23.3 Å². The third kappa shape index (κ3) is 2.54. The number of piperidine rings is 1. The van der Waals surface area contributed by atoms with Crippen LogP contribution in [0.5, 0.6) is 0 Å². The first-order chi connectivity index (χ1) is 10.1. The zero-order chi connectivity index (χ0) is 15.0. The highest BCUT2D eigenvalue weighted by Crippen LogP contribution is 2.30. The highest BCUT2D eigenvalue weighted by atomic mass is 32.1. The molecule has 0 radical (unpaired) electrons. The summed E-state index contributed by atoms with van der Waals surface area (Å²) in [5.41, 5.74) is 0.679. The van der Waals surface area contributed by atoms with Gasteiger partial charge in [0.15, 0.2) is 0 Å². The van der Waals surface area contributed by atoms with Gasteiger partial charge < -0.3 is 9.80 Å².